The molecule has 6 heteroatoms. The molecule has 1 aromatic heterocycles. The second-order valence-corrected chi connectivity index (χ2v) is 7.59. The molecule has 1 unspecified atom stereocenters. The van der Waals surface area contributed by atoms with Crippen molar-refractivity contribution in [2.75, 3.05) is 19.6 Å². The predicted molar refractivity (Wildman–Crippen MR) is 100 cm³/mol. The summed E-state index contributed by atoms with van der Waals surface area (Å²) in [5.41, 5.74) is 0.836. The second kappa shape index (κ2) is 7.33. The summed E-state index contributed by atoms with van der Waals surface area (Å²) in [7, 11) is 0. The van der Waals surface area contributed by atoms with Crippen LogP contribution in [-0.4, -0.2) is 47.3 Å². The number of hydrogen-bond donors (Lipinski definition) is 0. The van der Waals surface area contributed by atoms with Crippen molar-refractivity contribution in [1.29, 1.82) is 0 Å². The maximum absolute atomic E-state index is 14.0. The molecule has 0 N–H and O–H groups in total. The molecule has 4 rings (SSSR count). The Morgan fingerprint density at radius 3 is 2.85 bits per heavy atom. The van der Waals surface area contributed by atoms with Crippen molar-refractivity contribution >= 4 is 22.8 Å². The quantitative estimate of drug-likeness (QED) is 0.818. The summed E-state index contributed by atoms with van der Waals surface area (Å²) in [4.78, 5) is 28.8. The van der Waals surface area contributed by atoms with Gasteiger partial charge in [0.2, 0.25) is 5.91 Å². The van der Waals surface area contributed by atoms with Crippen LogP contribution in [0.3, 0.4) is 0 Å². The normalized spacial score (nSPS) is 20.7. The number of nitrogens with zero attached hydrogens (tertiary/aromatic N) is 2. The van der Waals surface area contributed by atoms with Crippen LogP contribution >= 0.6 is 0 Å². The van der Waals surface area contributed by atoms with Crippen LogP contribution in [0.4, 0.5) is 4.39 Å². The van der Waals surface area contributed by atoms with E-state index in [1.807, 2.05) is 9.80 Å². The summed E-state index contributed by atoms with van der Waals surface area (Å²) in [5, 5.41) is 0.648. The highest BCUT2D eigenvalue weighted by atomic mass is 19.1. The largest absolute Gasteiger partial charge is 0.448 e. The molecule has 0 aliphatic carbocycles. The lowest BCUT2D eigenvalue weighted by Crippen LogP contribution is -2.45. The number of furan rings is 1. The van der Waals surface area contributed by atoms with Gasteiger partial charge in [-0.1, -0.05) is 12.1 Å². The number of aryl methyl sites for hydroxylation is 1. The van der Waals surface area contributed by atoms with Gasteiger partial charge in [-0.3, -0.25) is 9.59 Å². The minimum absolute atomic E-state index is 0.0945. The van der Waals surface area contributed by atoms with Gasteiger partial charge in [-0.2, -0.15) is 0 Å². The molecule has 2 aliphatic heterocycles. The number of carbonyl (C=O) groups is 2. The third-order valence-corrected chi connectivity index (χ3v) is 5.90. The minimum Gasteiger partial charge on any atom is -0.448 e. The molecule has 0 radical (unpaired) electrons. The topological polar surface area (TPSA) is 53.8 Å². The molecule has 0 saturated carbocycles. The fraction of sp³-hybridized carbons (Fsp3) is 0.524. The number of hydrogen-bond acceptors (Lipinski definition) is 3. The monoisotopic (exact) mass is 372 g/mol. The molecular weight excluding hydrogens is 347 g/mol. The number of rotatable bonds is 4. The second-order valence-electron chi connectivity index (χ2n) is 7.59. The number of carbonyl (C=O) groups excluding carboxylic acids is 2. The zero-order valence-electron chi connectivity index (χ0n) is 15.7. The Morgan fingerprint density at radius 2 is 2.11 bits per heavy atom. The summed E-state index contributed by atoms with van der Waals surface area (Å²) in [6.07, 6.45) is 5.31. The van der Waals surface area contributed by atoms with Crippen LogP contribution in [0.25, 0.3) is 11.0 Å². The van der Waals surface area contributed by atoms with Gasteiger partial charge in [0, 0.05) is 43.0 Å². The molecule has 2 aliphatic rings. The molecule has 1 atom stereocenters. The van der Waals surface area contributed by atoms with E-state index in [1.165, 1.54) is 6.07 Å². The molecule has 0 bridgehead atoms. The van der Waals surface area contributed by atoms with E-state index < -0.39 is 5.82 Å². The molecule has 2 fully saturated rings. The predicted octanol–water partition coefficient (Wildman–Crippen LogP) is 3.89. The average Bonchev–Trinajstić information content (AvgIpc) is 3.24. The summed E-state index contributed by atoms with van der Waals surface area (Å²) < 4.78 is 19.7. The number of likely N-dealkylation sites (tertiary alicyclic amines) is 2. The zero-order valence-corrected chi connectivity index (χ0v) is 15.7. The van der Waals surface area contributed by atoms with E-state index in [-0.39, 0.29) is 29.2 Å². The van der Waals surface area contributed by atoms with Crippen LogP contribution in [-0.2, 0) is 4.79 Å². The van der Waals surface area contributed by atoms with Crippen LogP contribution in [0, 0.1) is 12.7 Å². The van der Waals surface area contributed by atoms with Crippen molar-refractivity contribution in [2.45, 2.75) is 51.5 Å². The molecule has 1 aromatic carbocycles. The van der Waals surface area contributed by atoms with Crippen LogP contribution in [0.15, 0.2) is 22.6 Å². The Kier molecular flexibility index (Phi) is 4.89. The van der Waals surface area contributed by atoms with Crippen molar-refractivity contribution in [3.8, 4) is 0 Å². The first kappa shape index (κ1) is 18.0. The molecule has 144 valence electrons. The van der Waals surface area contributed by atoms with E-state index in [0.717, 1.165) is 38.6 Å². The van der Waals surface area contributed by atoms with Crippen LogP contribution < -0.4 is 0 Å². The number of amides is 2. The highest BCUT2D eigenvalue weighted by molar-refractivity contribution is 5.99. The van der Waals surface area contributed by atoms with Crippen molar-refractivity contribution in [1.82, 2.24) is 9.80 Å². The average molecular weight is 372 g/mol. The smallest absolute Gasteiger partial charge is 0.290 e. The van der Waals surface area contributed by atoms with E-state index in [9.17, 15) is 14.0 Å². The lowest BCUT2D eigenvalue weighted by Gasteiger charge is -2.36. The van der Waals surface area contributed by atoms with E-state index >= 15 is 0 Å². The summed E-state index contributed by atoms with van der Waals surface area (Å²) in [6.45, 7) is 4.00. The standard InChI is InChI=1S/C21H25FN2O3/c1-14-16-7-4-8-17(22)20(16)27-19(14)21(26)24-12-3-2-6-15(24)10-13-23-11-5-9-18(23)25/h4,7-8,15H,2-3,5-6,9-13H2,1H3. The third kappa shape index (κ3) is 3.33. The maximum atomic E-state index is 14.0. The summed E-state index contributed by atoms with van der Waals surface area (Å²) in [6, 6.07) is 4.85. The first-order valence-corrected chi connectivity index (χ1v) is 9.82. The highest BCUT2D eigenvalue weighted by Gasteiger charge is 2.32. The first-order chi connectivity index (χ1) is 13.1. The third-order valence-electron chi connectivity index (χ3n) is 5.90. The Labute approximate surface area is 158 Å². The van der Waals surface area contributed by atoms with Gasteiger partial charge in [0.25, 0.3) is 5.91 Å². The van der Waals surface area contributed by atoms with Gasteiger partial charge < -0.3 is 14.2 Å². The Balaban J connectivity index is 1.54. The van der Waals surface area contributed by atoms with Crippen LogP contribution in [0.5, 0.6) is 0 Å². The molecule has 2 saturated heterocycles. The van der Waals surface area contributed by atoms with E-state index in [0.29, 0.717) is 30.5 Å². The van der Waals surface area contributed by atoms with Gasteiger partial charge in [0.05, 0.1) is 0 Å². The molecule has 2 aromatic rings. The molecule has 2 amide bonds. The van der Waals surface area contributed by atoms with Crippen LogP contribution in [0.1, 0.15) is 54.6 Å². The number of halogens is 1. The summed E-state index contributed by atoms with van der Waals surface area (Å²) >= 11 is 0. The van der Waals surface area contributed by atoms with Gasteiger partial charge in [-0.15, -0.1) is 0 Å². The maximum Gasteiger partial charge on any atom is 0.290 e. The molecule has 0 spiro atoms. The first-order valence-electron chi connectivity index (χ1n) is 9.82. The minimum atomic E-state index is -0.447. The Morgan fingerprint density at radius 1 is 1.26 bits per heavy atom. The summed E-state index contributed by atoms with van der Waals surface area (Å²) in [5.74, 6) is -0.163. The van der Waals surface area contributed by atoms with Crippen molar-refractivity contribution in [2.24, 2.45) is 0 Å². The lowest BCUT2D eigenvalue weighted by atomic mass is 9.98. The zero-order chi connectivity index (χ0) is 19.0. The Hall–Kier alpha value is -2.37. The number of piperidine rings is 1. The van der Waals surface area contributed by atoms with Gasteiger partial charge in [0.15, 0.2) is 17.2 Å². The van der Waals surface area contributed by atoms with Crippen LogP contribution in [0.2, 0.25) is 0 Å². The number of fused-ring (bicyclic) bond motifs is 1. The molecule has 27 heavy (non-hydrogen) atoms. The molecule has 5 nitrogen and oxygen atoms in total. The molecule has 3 heterocycles. The van der Waals surface area contributed by atoms with Crippen molar-refractivity contribution in [3.63, 3.8) is 0 Å². The van der Waals surface area contributed by atoms with E-state index in [2.05, 4.69) is 0 Å². The van der Waals surface area contributed by atoms with Gasteiger partial charge >= 0.3 is 0 Å². The van der Waals surface area contributed by atoms with Gasteiger partial charge in [-0.05, 0) is 45.1 Å². The highest BCUT2D eigenvalue weighted by Crippen LogP contribution is 2.30. The lowest BCUT2D eigenvalue weighted by molar-refractivity contribution is -0.127. The van der Waals surface area contributed by atoms with Gasteiger partial charge in [0.1, 0.15) is 0 Å². The number of para-hydroxylation sites is 1. The SMILES string of the molecule is Cc1c(C(=O)N2CCCCC2CCN2CCCC2=O)oc2c(F)cccc12. The van der Waals surface area contributed by atoms with Crippen molar-refractivity contribution < 1.29 is 18.4 Å². The molecular formula is C21H25FN2O3. The fourth-order valence-corrected chi connectivity index (χ4v) is 4.36. The number of benzene rings is 1. The fourth-order valence-electron chi connectivity index (χ4n) is 4.36. The Bertz CT molecular complexity index is 876. The van der Waals surface area contributed by atoms with Gasteiger partial charge in [-0.25, -0.2) is 4.39 Å². The van der Waals surface area contributed by atoms with E-state index in [4.69, 9.17) is 4.42 Å². The van der Waals surface area contributed by atoms with Crippen molar-refractivity contribution in [3.05, 3.63) is 35.3 Å². The van der Waals surface area contributed by atoms with E-state index in [1.54, 1.807) is 19.1 Å².